The van der Waals surface area contributed by atoms with Gasteiger partial charge in [0.05, 0.1) is 13.7 Å². The van der Waals surface area contributed by atoms with Crippen LogP contribution in [0.3, 0.4) is 0 Å². The summed E-state index contributed by atoms with van der Waals surface area (Å²) in [6, 6.07) is 13.6. The number of amides is 1. The molecule has 0 spiro atoms. The summed E-state index contributed by atoms with van der Waals surface area (Å²) in [7, 11) is 1.64. The number of methoxy groups -OCH3 is 1. The second-order valence-corrected chi connectivity index (χ2v) is 6.46. The van der Waals surface area contributed by atoms with E-state index in [1.54, 1.807) is 7.11 Å². The molecule has 5 nitrogen and oxygen atoms in total. The van der Waals surface area contributed by atoms with E-state index in [2.05, 4.69) is 10.6 Å². The van der Waals surface area contributed by atoms with Crippen LogP contribution in [0.5, 0.6) is 11.5 Å². The van der Waals surface area contributed by atoms with E-state index in [0.717, 1.165) is 28.4 Å². The van der Waals surface area contributed by atoms with Crippen molar-refractivity contribution in [3.63, 3.8) is 0 Å². The summed E-state index contributed by atoms with van der Waals surface area (Å²) < 4.78 is 11.1. The van der Waals surface area contributed by atoms with Crippen molar-refractivity contribution in [3.8, 4) is 11.5 Å². The van der Waals surface area contributed by atoms with Gasteiger partial charge in [-0.3, -0.25) is 4.79 Å². The monoisotopic (exact) mass is 356 g/mol. The lowest BCUT2D eigenvalue weighted by Gasteiger charge is -2.15. The van der Waals surface area contributed by atoms with Crippen LogP contribution in [0, 0.1) is 5.92 Å². The molecule has 2 N–H and O–H groups in total. The predicted octanol–water partition coefficient (Wildman–Crippen LogP) is 4.69. The van der Waals surface area contributed by atoms with Gasteiger partial charge in [0.15, 0.2) is 11.5 Å². The molecule has 0 atom stereocenters. The smallest absolute Gasteiger partial charge is 0.224 e. The number of benzene rings is 2. The molecule has 0 aliphatic rings. The minimum absolute atomic E-state index is 0.0311. The van der Waals surface area contributed by atoms with Gasteiger partial charge in [-0.15, -0.1) is 0 Å². The first-order valence-electron chi connectivity index (χ1n) is 8.96. The Hall–Kier alpha value is -2.69. The number of anilines is 2. The average Bonchev–Trinajstić information content (AvgIpc) is 2.60. The molecular formula is C21H28N2O3. The van der Waals surface area contributed by atoms with E-state index < -0.39 is 0 Å². The zero-order valence-corrected chi connectivity index (χ0v) is 16.0. The molecule has 0 fully saturated rings. The van der Waals surface area contributed by atoms with Gasteiger partial charge in [-0.05, 0) is 37.1 Å². The third kappa shape index (κ3) is 5.69. The largest absolute Gasteiger partial charge is 0.493 e. The van der Waals surface area contributed by atoms with E-state index in [4.69, 9.17) is 9.47 Å². The minimum Gasteiger partial charge on any atom is -0.493 e. The topological polar surface area (TPSA) is 59.6 Å². The molecule has 0 heterocycles. The van der Waals surface area contributed by atoms with Gasteiger partial charge in [0.25, 0.3) is 0 Å². The van der Waals surface area contributed by atoms with Gasteiger partial charge in [0.1, 0.15) is 0 Å². The molecule has 1 amide bonds. The molecule has 26 heavy (non-hydrogen) atoms. The lowest BCUT2D eigenvalue weighted by molar-refractivity contribution is -0.116. The second-order valence-electron chi connectivity index (χ2n) is 6.46. The molecular weight excluding hydrogens is 328 g/mol. The highest BCUT2D eigenvalue weighted by molar-refractivity contribution is 5.91. The number of rotatable bonds is 9. The molecule has 0 radical (unpaired) electrons. The summed E-state index contributed by atoms with van der Waals surface area (Å²) in [6.45, 7) is 7.18. The summed E-state index contributed by atoms with van der Waals surface area (Å²) in [5.41, 5.74) is 2.73. The van der Waals surface area contributed by atoms with Gasteiger partial charge >= 0.3 is 0 Å². The van der Waals surface area contributed by atoms with E-state index in [1.807, 2.05) is 63.2 Å². The molecule has 0 aliphatic heterocycles. The molecule has 0 aliphatic carbocycles. The molecule has 5 heteroatoms. The maximum Gasteiger partial charge on any atom is 0.224 e. The Morgan fingerprint density at radius 3 is 2.54 bits per heavy atom. The number of hydrogen-bond donors (Lipinski definition) is 2. The molecule has 0 unspecified atom stereocenters. The zero-order chi connectivity index (χ0) is 18.9. The van der Waals surface area contributed by atoms with E-state index >= 15 is 0 Å². The quantitative estimate of drug-likeness (QED) is 0.684. The Morgan fingerprint density at radius 2 is 1.85 bits per heavy atom. The highest BCUT2D eigenvalue weighted by Gasteiger charge is 2.10. The maximum atomic E-state index is 11.9. The fourth-order valence-corrected chi connectivity index (χ4v) is 2.66. The minimum atomic E-state index is 0.0311. The first-order valence-corrected chi connectivity index (χ1v) is 8.96. The van der Waals surface area contributed by atoms with Crippen molar-refractivity contribution < 1.29 is 14.3 Å². The van der Waals surface area contributed by atoms with E-state index in [1.165, 1.54) is 0 Å². The molecule has 2 aromatic rings. The standard InChI is InChI=1S/C21H28N2O3/c1-5-26-21-16(8-6-11-19(21)25-4)14-22-17-9-7-10-18(13-17)23-20(24)12-15(2)3/h6-11,13,15,22H,5,12,14H2,1-4H3,(H,23,24). The summed E-state index contributed by atoms with van der Waals surface area (Å²) in [6.07, 6.45) is 0.513. The number of ether oxygens (including phenoxy) is 2. The van der Waals surface area contributed by atoms with Crippen LogP contribution in [-0.4, -0.2) is 19.6 Å². The maximum absolute atomic E-state index is 11.9. The molecule has 2 aromatic carbocycles. The van der Waals surface area contributed by atoms with Crippen LogP contribution in [0.1, 0.15) is 32.8 Å². The van der Waals surface area contributed by atoms with Crippen molar-refractivity contribution >= 4 is 17.3 Å². The Morgan fingerprint density at radius 1 is 1.12 bits per heavy atom. The Labute approximate surface area is 155 Å². The van der Waals surface area contributed by atoms with Crippen LogP contribution < -0.4 is 20.1 Å². The summed E-state index contributed by atoms with van der Waals surface area (Å²) in [5.74, 6) is 1.84. The SMILES string of the molecule is CCOc1c(CNc2cccc(NC(=O)CC(C)C)c2)cccc1OC. The number of carbonyl (C=O) groups excluding carboxylic acids is 1. The number of hydrogen-bond acceptors (Lipinski definition) is 4. The third-order valence-corrected chi connectivity index (χ3v) is 3.79. The number of carbonyl (C=O) groups is 1. The lowest BCUT2D eigenvalue weighted by atomic mass is 10.1. The van der Waals surface area contributed by atoms with Crippen molar-refractivity contribution in [2.75, 3.05) is 24.4 Å². The summed E-state index contributed by atoms with van der Waals surface area (Å²) in [4.78, 5) is 11.9. The normalized spacial score (nSPS) is 10.5. The van der Waals surface area contributed by atoms with Crippen LogP contribution in [0.15, 0.2) is 42.5 Å². The molecule has 0 bridgehead atoms. The van der Waals surface area contributed by atoms with E-state index in [-0.39, 0.29) is 5.91 Å². The average molecular weight is 356 g/mol. The molecule has 0 aromatic heterocycles. The first-order chi connectivity index (χ1) is 12.5. The lowest BCUT2D eigenvalue weighted by Crippen LogP contribution is -2.14. The van der Waals surface area contributed by atoms with Gasteiger partial charge in [-0.1, -0.05) is 32.0 Å². The highest BCUT2D eigenvalue weighted by atomic mass is 16.5. The second kappa shape index (κ2) is 9.70. The van der Waals surface area contributed by atoms with Crippen molar-refractivity contribution in [2.45, 2.75) is 33.7 Å². The highest BCUT2D eigenvalue weighted by Crippen LogP contribution is 2.31. The van der Waals surface area contributed by atoms with Crippen molar-refractivity contribution in [1.29, 1.82) is 0 Å². The zero-order valence-electron chi connectivity index (χ0n) is 16.0. The number of para-hydroxylation sites is 1. The molecule has 2 rings (SSSR count). The van der Waals surface area contributed by atoms with Gasteiger partial charge in [-0.25, -0.2) is 0 Å². The third-order valence-electron chi connectivity index (χ3n) is 3.79. The Kier molecular flexibility index (Phi) is 7.33. The molecule has 140 valence electrons. The Balaban J connectivity index is 2.06. The van der Waals surface area contributed by atoms with Crippen LogP contribution in [-0.2, 0) is 11.3 Å². The van der Waals surface area contributed by atoms with Crippen molar-refractivity contribution in [3.05, 3.63) is 48.0 Å². The van der Waals surface area contributed by atoms with Crippen LogP contribution in [0.25, 0.3) is 0 Å². The van der Waals surface area contributed by atoms with Gasteiger partial charge in [0.2, 0.25) is 5.91 Å². The van der Waals surface area contributed by atoms with E-state index in [9.17, 15) is 4.79 Å². The molecule has 0 saturated heterocycles. The van der Waals surface area contributed by atoms with Crippen LogP contribution >= 0.6 is 0 Å². The van der Waals surface area contributed by atoms with Crippen LogP contribution in [0.4, 0.5) is 11.4 Å². The van der Waals surface area contributed by atoms with E-state index in [0.29, 0.717) is 25.5 Å². The van der Waals surface area contributed by atoms with Crippen molar-refractivity contribution in [1.82, 2.24) is 0 Å². The predicted molar refractivity (Wildman–Crippen MR) is 106 cm³/mol. The van der Waals surface area contributed by atoms with Crippen LogP contribution in [0.2, 0.25) is 0 Å². The van der Waals surface area contributed by atoms with Gasteiger partial charge < -0.3 is 20.1 Å². The fourth-order valence-electron chi connectivity index (χ4n) is 2.66. The fraction of sp³-hybridized carbons (Fsp3) is 0.381. The van der Waals surface area contributed by atoms with Gasteiger partial charge in [0, 0.05) is 29.9 Å². The molecule has 0 saturated carbocycles. The summed E-state index contributed by atoms with van der Waals surface area (Å²) in [5, 5.41) is 6.32. The summed E-state index contributed by atoms with van der Waals surface area (Å²) >= 11 is 0. The van der Waals surface area contributed by atoms with Crippen molar-refractivity contribution in [2.24, 2.45) is 5.92 Å². The first kappa shape index (κ1) is 19.6. The Bertz CT molecular complexity index is 729. The van der Waals surface area contributed by atoms with Gasteiger partial charge in [-0.2, -0.15) is 0 Å². The number of nitrogens with one attached hydrogen (secondary N) is 2.